The zero-order chi connectivity index (χ0) is 41.9. The summed E-state index contributed by atoms with van der Waals surface area (Å²) in [5.74, 6) is -5.63. The lowest BCUT2D eigenvalue weighted by Gasteiger charge is -2.19. The molecule has 0 N–H and O–H groups in total. The number of nitrogens with zero attached hydrogens (tertiary/aromatic N) is 2. The molecular weight excluding hydrogens is 749 g/mol. The van der Waals surface area contributed by atoms with Crippen LogP contribution in [0.15, 0.2) is 90.1 Å². The van der Waals surface area contributed by atoms with E-state index in [-0.39, 0.29) is 28.4 Å². The summed E-state index contributed by atoms with van der Waals surface area (Å²) in [4.78, 5) is 45.8. The fourth-order valence-electron chi connectivity index (χ4n) is 7.75. The Hall–Kier alpha value is -5.84. The van der Waals surface area contributed by atoms with Gasteiger partial charge in [-0.1, -0.05) is 80.2 Å². The first kappa shape index (κ1) is 41.8. The second kappa shape index (κ2) is 17.3. The highest BCUT2D eigenvalue weighted by molar-refractivity contribution is 6.51. The van der Waals surface area contributed by atoms with Gasteiger partial charge in [-0.25, -0.2) is 13.6 Å². The number of benzene rings is 5. The van der Waals surface area contributed by atoms with Crippen LogP contribution in [0.1, 0.15) is 95.0 Å². The summed E-state index contributed by atoms with van der Waals surface area (Å²) in [6.07, 6.45) is 0.262. The summed E-state index contributed by atoms with van der Waals surface area (Å²) >= 11 is 0. The lowest BCUT2D eigenvalue weighted by molar-refractivity contribution is -0.148. The van der Waals surface area contributed by atoms with Crippen LogP contribution in [0.5, 0.6) is 5.75 Å². The molecule has 0 amide bonds. The molecule has 0 bridgehead atoms. The summed E-state index contributed by atoms with van der Waals surface area (Å²) in [5.41, 5.74) is 5.94. The molecule has 7 nitrogen and oxygen atoms in total. The first-order valence-electron chi connectivity index (χ1n) is 19.4. The number of oxime groups is 1. The van der Waals surface area contributed by atoms with E-state index in [1.165, 1.54) is 24.3 Å². The van der Waals surface area contributed by atoms with Crippen molar-refractivity contribution >= 4 is 55.8 Å². The number of carbonyl (C=O) groups is 3. The lowest BCUT2D eigenvalue weighted by atomic mass is 9.89. The summed E-state index contributed by atoms with van der Waals surface area (Å²) in [6.45, 7) is 10.6. The van der Waals surface area contributed by atoms with Gasteiger partial charge in [0.05, 0.1) is 5.52 Å². The first-order valence-corrected chi connectivity index (χ1v) is 19.4. The van der Waals surface area contributed by atoms with Gasteiger partial charge >= 0.3 is 18.3 Å². The largest absolute Gasteiger partial charge is 0.487 e. The monoisotopic (exact) mass is 794 g/mol. The number of Topliss-reactive ketones (excluding diaryl/α,β-unsaturated/α-hetero) is 1. The number of ketones is 2. The van der Waals surface area contributed by atoms with E-state index in [0.29, 0.717) is 23.6 Å². The minimum Gasteiger partial charge on any atom is -0.487 e. The zero-order valence-electron chi connectivity index (χ0n) is 33.4. The average Bonchev–Trinajstić information content (AvgIpc) is 3.50. The van der Waals surface area contributed by atoms with Crippen LogP contribution in [0.2, 0.25) is 0 Å². The fraction of sp³-hybridized carbons (Fsp3) is 0.319. The molecule has 0 saturated heterocycles. The number of fused-ring (bicyclic) bond motifs is 5. The van der Waals surface area contributed by atoms with E-state index in [4.69, 9.17) is 9.57 Å². The highest BCUT2D eigenvalue weighted by Crippen LogP contribution is 2.39. The highest BCUT2D eigenvalue weighted by atomic mass is 19.3. The van der Waals surface area contributed by atoms with Gasteiger partial charge in [-0.3, -0.25) is 9.59 Å². The van der Waals surface area contributed by atoms with Gasteiger partial charge in [-0.15, -0.1) is 0 Å². The highest BCUT2D eigenvalue weighted by Gasteiger charge is 2.41. The van der Waals surface area contributed by atoms with Crippen molar-refractivity contribution in [2.45, 2.75) is 86.1 Å². The Balaban J connectivity index is 1.53. The van der Waals surface area contributed by atoms with Gasteiger partial charge in [0.15, 0.2) is 18.1 Å². The second-order valence-electron chi connectivity index (χ2n) is 15.0. The molecule has 0 radical (unpaired) electrons. The normalized spacial score (nSPS) is 12.8. The third-order valence-corrected chi connectivity index (χ3v) is 10.6. The molecule has 0 fully saturated rings. The smallest absolute Gasteiger partial charge is 0.340 e. The number of aryl methyl sites for hydroxylation is 3. The van der Waals surface area contributed by atoms with Crippen molar-refractivity contribution in [3.63, 3.8) is 0 Å². The number of carbonyl (C=O) groups excluding carboxylic acids is 3. The number of unbranched alkanes of at least 4 members (excludes halogenated alkanes) is 1. The molecule has 0 spiro atoms. The minimum atomic E-state index is -4.36. The van der Waals surface area contributed by atoms with E-state index < -0.39 is 30.7 Å². The van der Waals surface area contributed by atoms with E-state index in [1.807, 2.05) is 69.3 Å². The lowest BCUT2D eigenvalue weighted by Crippen LogP contribution is -2.33. The maximum atomic E-state index is 14.6. The Labute approximate surface area is 334 Å². The predicted molar refractivity (Wildman–Crippen MR) is 220 cm³/mol. The Morgan fingerprint density at radius 1 is 0.810 bits per heavy atom. The molecule has 1 aromatic heterocycles. The van der Waals surface area contributed by atoms with Crippen molar-refractivity contribution < 1.29 is 41.5 Å². The van der Waals surface area contributed by atoms with E-state index in [0.717, 1.165) is 81.9 Å². The van der Waals surface area contributed by atoms with Crippen molar-refractivity contribution in [1.82, 2.24) is 4.57 Å². The van der Waals surface area contributed by atoms with Gasteiger partial charge in [0.2, 0.25) is 5.78 Å². The van der Waals surface area contributed by atoms with E-state index in [2.05, 4.69) is 23.6 Å². The summed E-state index contributed by atoms with van der Waals surface area (Å²) in [5, 5.41) is 7.13. The quantitative estimate of drug-likeness (QED) is 0.0320. The van der Waals surface area contributed by atoms with Crippen LogP contribution in [-0.2, 0) is 16.2 Å². The second-order valence-corrected chi connectivity index (χ2v) is 15.0. The van der Waals surface area contributed by atoms with Gasteiger partial charge in [0.25, 0.3) is 0 Å². The number of alkyl halides is 4. The molecule has 6 rings (SSSR count). The van der Waals surface area contributed by atoms with Crippen molar-refractivity contribution in [1.29, 1.82) is 0 Å². The summed E-state index contributed by atoms with van der Waals surface area (Å²) in [6, 6.07) is 24.3. The van der Waals surface area contributed by atoms with Crippen LogP contribution in [0.25, 0.3) is 32.6 Å². The van der Waals surface area contributed by atoms with Crippen LogP contribution in [-0.4, -0.2) is 46.8 Å². The van der Waals surface area contributed by atoms with Crippen LogP contribution in [0, 0.1) is 26.7 Å². The van der Waals surface area contributed by atoms with E-state index in [1.54, 1.807) is 12.1 Å². The van der Waals surface area contributed by atoms with Gasteiger partial charge in [-0.05, 0) is 98.2 Å². The van der Waals surface area contributed by atoms with Gasteiger partial charge in [-0.2, -0.15) is 8.78 Å². The maximum Gasteiger partial charge on any atom is 0.340 e. The van der Waals surface area contributed by atoms with E-state index >= 15 is 0 Å². The molecule has 0 aliphatic rings. The van der Waals surface area contributed by atoms with Crippen LogP contribution < -0.4 is 4.74 Å². The predicted octanol–water partition coefficient (Wildman–Crippen LogP) is 11.7. The third kappa shape index (κ3) is 8.54. The van der Waals surface area contributed by atoms with E-state index in [9.17, 15) is 31.9 Å². The Morgan fingerprint density at radius 3 is 2.09 bits per heavy atom. The van der Waals surface area contributed by atoms with Crippen LogP contribution in [0.3, 0.4) is 0 Å². The maximum absolute atomic E-state index is 14.6. The summed E-state index contributed by atoms with van der Waals surface area (Å²) < 4.78 is 59.6. The van der Waals surface area contributed by atoms with Gasteiger partial charge in [0, 0.05) is 57.4 Å². The molecule has 5 aromatic carbocycles. The molecule has 302 valence electrons. The third-order valence-electron chi connectivity index (χ3n) is 10.6. The number of halogens is 4. The number of aromatic nitrogens is 1. The molecule has 0 aliphatic heterocycles. The Morgan fingerprint density at radius 2 is 1.47 bits per heavy atom. The number of hydrogen-bond acceptors (Lipinski definition) is 6. The molecule has 0 saturated carbocycles. The Bertz CT molecular complexity index is 2530. The average molecular weight is 795 g/mol. The molecule has 6 aromatic rings. The summed E-state index contributed by atoms with van der Waals surface area (Å²) in [7, 11) is 0. The fourth-order valence-corrected chi connectivity index (χ4v) is 7.75. The molecule has 58 heavy (non-hydrogen) atoms. The van der Waals surface area contributed by atoms with Gasteiger partial charge < -0.3 is 14.1 Å². The Kier molecular flexibility index (Phi) is 12.5. The molecule has 11 heteroatoms. The standard InChI is InChI=1S/C47H46F4N2O5/c1-7-9-12-31(8-2)25-53-40-20-17-33(44(55)42(52-58-30(6)54)32-15-18-34(19-16-32)57-26-47(50,51)46(48)49)23-37(40)38-24-39(35-13-10-11-14-36(35)43(38)53)45(56)41-28(4)21-27(3)22-29(41)5/h10-11,13-24,31,46H,7-9,12,25-26H2,1-6H3/b52-42+. The van der Waals surface area contributed by atoms with Crippen molar-refractivity contribution in [3.05, 3.63) is 124 Å². The zero-order valence-corrected chi connectivity index (χ0v) is 33.4. The molecule has 1 unspecified atom stereocenters. The SMILES string of the molecule is CCCCC(CC)Cn1c2ccc(C(=O)/C(=N/OC(C)=O)c3ccc(OCC(F)(F)C(F)F)cc3)cc2c2cc(C(=O)c3c(C)cc(C)cc3C)c3ccccc3c21. The number of rotatable bonds is 16. The number of hydrogen-bond donors (Lipinski definition) is 0. The first-order chi connectivity index (χ1) is 27.6. The molecular formula is C47H46F4N2O5. The van der Waals surface area contributed by atoms with Crippen LogP contribution in [0.4, 0.5) is 17.6 Å². The number of ether oxygens (including phenoxy) is 1. The minimum absolute atomic E-state index is 0.100. The molecule has 1 atom stereocenters. The molecule has 1 heterocycles. The topological polar surface area (TPSA) is 87.0 Å². The van der Waals surface area contributed by atoms with Crippen LogP contribution >= 0.6 is 0 Å². The van der Waals surface area contributed by atoms with Crippen molar-refractivity contribution in [2.75, 3.05) is 6.61 Å². The van der Waals surface area contributed by atoms with Gasteiger partial charge in [0.1, 0.15) is 5.75 Å². The van der Waals surface area contributed by atoms with Crippen molar-refractivity contribution in [2.24, 2.45) is 11.1 Å². The van der Waals surface area contributed by atoms with Crippen molar-refractivity contribution in [3.8, 4) is 5.75 Å². The molecule has 0 aliphatic carbocycles.